The number of nitrogens with zero attached hydrogens (tertiary/aromatic N) is 4. The third-order valence-corrected chi connectivity index (χ3v) is 5.39. The number of hydrogen-bond donors (Lipinski definition) is 1. The maximum atomic E-state index is 5.43. The van der Waals surface area contributed by atoms with Gasteiger partial charge in [0.1, 0.15) is 23.7 Å². The average Bonchev–Trinajstić information content (AvgIpc) is 2.75. The summed E-state index contributed by atoms with van der Waals surface area (Å²) in [7, 11) is 1.72. The lowest BCUT2D eigenvalue weighted by Crippen LogP contribution is -2.41. The number of benzene rings is 1. The van der Waals surface area contributed by atoms with Crippen molar-refractivity contribution in [2.24, 2.45) is 0 Å². The molecule has 0 amide bonds. The van der Waals surface area contributed by atoms with Gasteiger partial charge >= 0.3 is 0 Å². The van der Waals surface area contributed by atoms with Gasteiger partial charge in [-0.1, -0.05) is 12.1 Å². The number of morpholine rings is 1. The third-order valence-electron chi connectivity index (χ3n) is 5.39. The smallest absolute Gasteiger partial charge is 0.134 e. The predicted molar refractivity (Wildman–Crippen MR) is 110 cm³/mol. The second-order valence-corrected chi connectivity index (χ2v) is 7.43. The SMILES string of the molecule is COc1cccc(CN2CCCC(Nc3cc(N4CCOCC4)ncn3)C2)c1. The van der Waals surface area contributed by atoms with Crippen LogP contribution in [0, 0.1) is 0 Å². The van der Waals surface area contributed by atoms with E-state index in [0.29, 0.717) is 6.04 Å². The van der Waals surface area contributed by atoms with Crippen molar-refractivity contribution < 1.29 is 9.47 Å². The van der Waals surface area contributed by atoms with Crippen LogP contribution in [-0.2, 0) is 11.3 Å². The molecular formula is C21H29N5O2. The van der Waals surface area contributed by atoms with Gasteiger partial charge in [-0.25, -0.2) is 9.97 Å². The number of likely N-dealkylation sites (tertiary alicyclic amines) is 1. The van der Waals surface area contributed by atoms with Gasteiger partial charge < -0.3 is 19.7 Å². The molecule has 0 radical (unpaired) electrons. The Hall–Kier alpha value is -2.38. The summed E-state index contributed by atoms with van der Waals surface area (Å²) in [5, 5.41) is 3.62. The van der Waals surface area contributed by atoms with Crippen molar-refractivity contribution in [3.8, 4) is 5.75 Å². The minimum Gasteiger partial charge on any atom is -0.497 e. The first-order chi connectivity index (χ1) is 13.8. The minimum atomic E-state index is 0.395. The zero-order valence-corrected chi connectivity index (χ0v) is 16.5. The lowest BCUT2D eigenvalue weighted by atomic mass is 10.0. The first kappa shape index (κ1) is 19.0. The third kappa shape index (κ3) is 4.91. The molecule has 1 aromatic heterocycles. The van der Waals surface area contributed by atoms with Crippen molar-refractivity contribution in [1.82, 2.24) is 14.9 Å². The van der Waals surface area contributed by atoms with Gasteiger partial charge in [0.2, 0.25) is 0 Å². The molecule has 2 aliphatic rings. The molecule has 0 aliphatic carbocycles. The molecule has 1 unspecified atom stereocenters. The van der Waals surface area contributed by atoms with E-state index in [0.717, 1.165) is 69.7 Å². The molecule has 3 heterocycles. The number of methoxy groups -OCH3 is 1. The van der Waals surface area contributed by atoms with Crippen LogP contribution in [0.4, 0.5) is 11.6 Å². The summed E-state index contributed by atoms with van der Waals surface area (Å²) in [5.41, 5.74) is 1.29. The van der Waals surface area contributed by atoms with Gasteiger partial charge in [0, 0.05) is 38.3 Å². The summed E-state index contributed by atoms with van der Waals surface area (Å²) in [6, 6.07) is 10.8. The van der Waals surface area contributed by atoms with Gasteiger partial charge in [-0.05, 0) is 37.1 Å². The van der Waals surface area contributed by atoms with Crippen molar-refractivity contribution in [2.45, 2.75) is 25.4 Å². The number of nitrogens with one attached hydrogen (secondary N) is 1. The van der Waals surface area contributed by atoms with Gasteiger partial charge in [0.25, 0.3) is 0 Å². The van der Waals surface area contributed by atoms with Crippen molar-refractivity contribution in [1.29, 1.82) is 0 Å². The Morgan fingerprint density at radius 3 is 2.93 bits per heavy atom. The summed E-state index contributed by atoms with van der Waals surface area (Å²) < 4.78 is 10.8. The van der Waals surface area contributed by atoms with Gasteiger partial charge in [0.15, 0.2) is 0 Å². The van der Waals surface area contributed by atoms with E-state index in [1.54, 1.807) is 13.4 Å². The van der Waals surface area contributed by atoms with Crippen LogP contribution in [0.25, 0.3) is 0 Å². The van der Waals surface area contributed by atoms with Crippen LogP contribution in [0.5, 0.6) is 5.75 Å². The molecule has 7 nitrogen and oxygen atoms in total. The molecule has 1 aromatic carbocycles. The van der Waals surface area contributed by atoms with E-state index in [9.17, 15) is 0 Å². The minimum absolute atomic E-state index is 0.395. The van der Waals surface area contributed by atoms with E-state index in [2.05, 4.69) is 49.4 Å². The Morgan fingerprint density at radius 1 is 1.18 bits per heavy atom. The van der Waals surface area contributed by atoms with Crippen LogP contribution in [0.1, 0.15) is 18.4 Å². The molecule has 0 saturated carbocycles. The van der Waals surface area contributed by atoms with E-state index >= 15 is 0 Å². The molecule has 4 rings (SSSR count). The molecule has 0 bridgehead atoms. The van der Waals surface area contributed by atoms with Crippen LogP contribution >= 0.6 is 0 Å². The van der Waals surface area contributed by atoms with Gasteiger partial charge in [-0.15, -0.1) is 0 Å². The summed E-state index contributed by atoms with van der Waals surface area (Å²) >= 11 is 0. The van der Waals surface area contributed by atoms with Gasteiger partial charge in [-0.2, -0.15) is 0 Å². The number of anilines is 2. The Bertz CT molecular complexity index is 766. The molecule has 2 aromatic rings. The number of ether oxygens (including phenoxy) is 2. The summed E-state index contributed by atoms with van der Waals surface area (Å²) in [4.78, 5) is 13.6. The van der Waals surface area contributed by atoms with E-state index in [-0.39, 0.29) is 0 Å². The Kier molecular flexibility index (Phi) is 6.24. The highest BCUT2D eigenvalue weighted by atomic mass is 16.5. The first-order valence-electron chi connectivity index (χ1n) is 10.1. The predicted octanol–water partition coefficient (Wildman–Crippen LogP) is 2.40. The lowest BCUT2D eigenvalue weighted by molar-refractivity contribution is 0.122. The normalized spacial score (nSPS) is 20.8. The maximum absolute atomic E-state index is 5.43. The molecular weight excluding hydrogens is 354 g/mol. The standard InChI is InChI=1S/C21H29N5O2/c1-27-19-6-2-4-17(12-19)14-25-7-3-5-18(15-25)24-20-13-21(23-16-22-20)26-8-10-28-11-9-26/h2,4,6,12-13,16,18H,3,5,7-11,14-15H2,1H3,(H,22,23,24). The molecule has 2 fully saturated rings. The molecule has 150 valence electrons. The summed E-state index contributed by atoms with van der Waals surface area (Å²) in [6.45, 7) is 6.36. The highest BCUT2D eigenvalue weighted by molar-refractivity contribution is 5.49. The highest BCUT2D eigenvalue weighted by Gasteiger charge is 2.21. The molecule has 1 N–H and O–H groups in total. The van der Waals surface area contributed by atoms with Gasteiger partial charge in [0.05, 0.1) is 20.3 Å². The van der Waals surface area contributed by atoms with E-state index in [1.165, 1.54) is 12.0 Å². The number of piperidine rings is 1. The fourth-order valence-electron chi connectivity index (χ4n) is 3.95. The van der Waals surface area contributed by atoms with Crippen LogP contribution in [0.2, 0.25) is 0 Å². The van der Waals surface area contributed by atoms with Crippen molar-refractivity contribution in [3.05, 3.63) is 42.2 Å². The molecule has 28 heavy (non-hydrogen) atoms. The van der Waals surface area contributed by atoms with Crippen molar-refractivity contribution in [3.63, 3.8) is 0 Å². The first-order valence-corrected chi connectivity index (χ1v) is 10.1. The second kappa shape index (κ2) is 9.21. The van der Waals surface area contributed by atoms with Crippen LogP contribution in [-0.4, -0.2) is 67.4 Å². The van der Waals surface area contributed by atoms with Crippen LogP contribution in [0.3, 0.4) is 0 Å². The Labute approximate surface area is 166 Å². The van der Waals surface area contributed by atoms with E-state index in [4.69, 9.17) is 9.47 Å². The fourth-order valence-corrected chi connectivity index (χ4v) is 3.95. The Morgan fingerprint density at radius 2 is 2.07 bits per heavy atom. The number of hydrogen-bond acceptors (Lipinski definition) is 7. The van der Waals surface area contributed by atoms with Crippen LogP contribution in [0.15, 0.2) is 36.7 Å². The molecule has 2 aliphatic heterocycles. The zero-order valence-electron chi connectivity index (χ0n) is 16.5. The maximum Gasteiger partial charge on any atom is 0.134 e. The molecule has 2 saturated heterocycles. The van der Waals surface area contributed by atoms with Crippen LogP contribution < -0.4 is 15.0 Å². The monoisotopic (exact) mass is 383 g/mol. The summed E-state index contributed by atoms with van der Waals surface area (Å²) in [6.07, 6.45) is 4.00. The second-order valence-electron chi connectivity index (χ2n) is 7.43. The largest absolute Gasteiger partial charge is 0.497 e. The molecule has 0 spiro atoms. The quantitative estimate of drug-likeness (QED) is 0.822. The average molecular weight is 383 g/mol. The van der Waals surface area contributed by atoms with Gasteiger partial charge in [-0.3, -0.25) is 4.90 Å². The Balaban J connectivity index is 1.35. The highest BCUT2D eigenvalue weighted by Crippen LogP contribution is 2.21. The molecule has 7 heteroatoms. The van der Waals surface area contributed by atoms with Crippen molar-refractivity contribution >= 4 is 11.6 Å². The zero-order chi connectivity index (χ0) is 19.2. The van der Waals surface area contributed by atoms with E-state index < -0.39 is 0 Å². The summed E-state index contributed by atoms with van der Waals surface area (Å²) in [5.74, 6) is 2.80. The van der Waals surface area contributed by atoms with Crippen molar-refractivity contribution in [2.75, 3.05) is 56.7 Å². The molecule has 1 atom stereocenters. The number of aromatic nitrogens is 2. The fraction of sp³-hybridized carbons (Fsp3) is 0.524. The topological polar surface area (TPSA) is 62.8 Å². The lowest BCUT2D eigenvalue weighted by Gasteiger charge is -2.33. The number of rotatable bonds is 6. The van der Waals surface area contributed by atoms with E-state index in [1.807, 2.05) is 6.07 Å².